The lowest BCUT2D eigenvalue weighted by molar-refractivity contribution is -0.168. The minimum Gasteiger partial charge on any atom is -0.382 e. The predicted octanol–water partition coefficient (Wildman–Crippen LogP) is 6.12. The van der Waals surface area contributed by atoms with Gasteiger partial charge in [0.15, 0.2) is 0 Å². The Labute approximate surface area is 244 Å². The van der Waals surface area contributed by atoms with Crippen molar-refractivity contribution in [2.75, 3.05) is 0 Å². The van der Waals surface area contributed by atoms with E-state index in [1.54, 1.807) is 6.07 Å². The van der Waals surface area contributed by atoms with Gasteiger partial charge in [0.1, 0.15) is 23.5 Å². The number of aliphatic hydroxyl groups excluding tert-OH is 1. The molecule has 3 rings (SSSR count). The number of rotatable bonds is 11. The number of nitrogens with zero attached hydrogens (tertiary/aromatic N) is 2. The van der Waals surface area contributed by atoms with E-state index in [0.717, 1.165) is 18.2 Å². The van der Waals surface area contributed by atoms with Crippen LogP contribution in [0.2, 0.25) is 0 Å². The summed E-state index contributed by atoms with van der Waals surface area (Å²) in [6.45, 7) is 2.84. The van der Waals surface area contributed by atoms with E-state index in [1.165, 1.54) is 62.4 Å². The summed E-state index contributed by atoms with van der Waals surface area (Å²) in [6.07, 6.45) is -10.4. The Hall–Kier alpha value is -4.39. The number of aliphatic hydroxyl groups is 1. The summed E-state index contributed by atoms with van der Waals surface area (Å²) in [5.74, 6) is -4.60. The Morgan fingerprint density at radius 3 is 1.88 bits per heavy atom. The minimum atomic E-state index is -4.97. The molecule has 0 aliphatic carbocycles. The van der Waals surface area contributed by atoms with E-state index >= 15 is 0 Å². The zero-order valence-electron chi connectivity index (χ0n) is 23.0. The maximum Gasteiger partial charge on any atom is 0.407 e. The van der Waals surface area contributed by atoms with Crippen LogP contribution < -0.4 is 11.1 Å². The third-order valence-electron chi connectivity index (χ3n) is 7.41. The molecule has 3 aromatic rings. The lowest BCUT2D eigenvalue weighted by atomic mass is 9.71. The molecule has 0 fully saturated rings. The second kappa shape index (κ2) is 13.3. The van der Waals surface area contributed by atoms with Crippen LogP contribution in [-0.4, -0.2) is 29.2 Å². The fourth-order valence-corrected chi connectivity index (χ4v) is 4.99. The lowest BCUT2D eigenvalue weighted by Gasteiger charge is -2.42. The summed E-state index contributed by atoms with van der Waals surface area (Å²) in [5.41, 5.74) is 3.92. The molecule has 0 bridgehead atoms. The van der Waals surface area contributed by atoms with Crippen molar-refractivity contribution in [3.05, 3.63) is 94.8 Å². The number of alkyl halides is 5. The molecular formula is C31H28F6N4O2. The predicted molar refractivity (Wildman–Crippen MR) is 145 cm³/mol. The van der Waals surface area contributed by atoms with Crippen molar-refractivity contribution in [3.8, 4) is 23.3 Å². The molecule has 0 radical (unpaired) electrons. The number of halogens is 6. The topological polar surface area (TPSA) is 123 Å². The maximum atomic E-state index is 14.7. The highest BCUT2D eigenvalue weighted by molar-refractivity contribution is 5.86. The first kappa shape index (κ1) is 33.1. The van der Waals surface area contributed by atoms with Gasteiger partial charge in [-0.1, -0.05) is 68.4 Å². The molecule has 12 heteroatoms. The first-order chi connectivity index (χ1) is 20.1. The molecular weight excluding hydrogens is 574 g/mol. The van der Waals surface area contributed by atoms with Gasteiger partial charge in [0.25, 0.3) is 6.43 Å². The average molecular weight is 603 g/mol. The van der Waals surface area contributed by atoms with Gasteiger partial charge in [-0.2, -0.15) is 23.7 Å². The average Bonchev–Trinajstić information content (AvgIpc) is 2.96. The summed E-state index contributed by atoms with van der Waals surface area (Å²) in [7, 11) is 0. The maximum absolute atomic E-state index is 14.7. The molecule has 6 nitrogen and oxygen atoms in total. The number of nitrogens with two attached hydrogens (primary N) is 1. The van der Waals surface area contributed by atoms with Crippen LogP contribution >= 0.6 is 0 Å². The van der Waals surface area contributed by atoms with E-state index in [4.69, 9.17) is 11.0 Å². The third kappa shape index (κ3) is 7.16. The van der Waals surface area contributed by atoms with E-state index in [2.05, 4.69) is 5.32 Å². The van der Waals surface area contributed by atoms with Crippen LogP contribution in [0.25, 0.3) is 11.1 Å². The summed E-state index contributed by atoms with van der Waals surface area (Å²) in [6, 6.07) is 15.1. The molecule has 0 aliphatic rings. The van der Waals surface area contributed by atoms with Crippen LogP contribution in [0, 0.1) is 40.3 Å². The van der Waals surface area contributed by atoms with Gasteiger partial charge in [0.05, 0.1) is 23.6 Å². The Kier molecular flexibility index (Phi) is 10.2. The second-order valence-electron chi connectivity index (χ2n) is 10.3. The Bertz CT molecular complexity index is 1510. The number of hydrogen-bond donors (Lipinski definition) is 3. The van der Waals surface area contributed by atoms with Crippen molar-refractivity contribution in [2.45, 2.75) is 50.6 Å². The molecule has 4 atom stereocenters. The normalized spacial score (nSPS) is 15.3. The van der Waals surface area contributed by atoms with Crippen LogP contribution in [0.5, 0.6) is 0 Å². The molecule has 4 N–H and O–H groups in total. The molecule has 0 aliphatic heterocycles. The van der Waals surface area contributed by atoms with E-state index in [1.807, 2.05) is 6.07 Å². The summed E-state index contributed by atoms with van der Waals surface area (Å²) >= 11 is 0. The van der Waals surface area contributed by atoms with Crippen molar-refractivity contribution in [1.29, 1.82) is 10.5 Å². The number of nitrogens with one attached hydrogen (secondary N) is 1. The summed E-state index contributed by atoms with van der Waals surface area (Å²) in [4.78, 5) is 12.9. The van der Waals surface area contributed by atoms with Gasteiger partial charge in [0.2, 0.25) is 5.91 Å². The molecule has 0 saturated heterocycles. The molecule has 0 saturated carbocycles. The standard InChI is InChI=1S/C31H28F6N4O2/c1-17(2)30(29(40)43,24(16-39)14-23-4-3-18(15-38)13-25(23)32)41-27(31(35,36)37)22-11-7-20(8-12-22)19-5-9-21(10-6-19)26(42)28(33)34/h3-13,17,24,26-28,41-42H,14H2,1-2H3,(H2,40,43)/t24-,26-,27+,30?/m1/s1. The van der Waals surface area contributed by atoms with Gasteiger partial charge in [-0.05, 0) is 52.3 Å². The van der Waals surface area contributed by atoms with Gasteiger partial charge < -0.3 is 10.8 Å². The van der Waals surface area contributed by atoms with E-state index < -0.39 is 60.3 Å². The van der Waals surface area contributed by atoms with E-state index in [9.17, 15) is 41.5 Å². The van der Waals surface area contributed by atoms with Gasteiger partial charge >= 0.3 is 6.18 Å². The number of carbonyl (C=O) groups excluding carboxylic acids is 1. The Morgan fingerprint density at radius 2 is 1.49 bits per heavy atom. The van der Waals surface area contributed by atoms with Crippen molar-refractivity contribution in [3.63, 3.8) is 0 Å². The third-order valence-corrected chi connectivity index (χ3v) is 7.41. The molecule has 0 aromatic heterocycles. The van der Waals surface area contributed by atoms with Gasteiger partial charge in [-0.15, -0.1) is 0 Å². The minimum absolute atomic E-state index is 0.000168. The van der Waals surface area contributed by atoms with Gasteiger partial charge in [0, 0.05) is 0 Å². The summed E-state index contributed by atoms with van der Waals surface area (Å²) < 4.78 is 83.9. The first-order valence-corrected chi connectivity index (χ1v) is 13.0. The quantitative estimate of drug-likeness (QED) is 0.228. The number of amides is 1. The second-order valence-corrected chi connectivity index (χ2v) is 10.3. The Morgan fingerprint density at radius 1 is 0.953 bits per heavy atom. The fraction of sp³-hybridized carbons (Fsp3) is 0.323. The number of benzene rings is 3. The largest absolute Gasteiger partial charge is 0.407 e. The van der Waals surface area contributed by atoms with Crippen LogP contribution in [0.4, 0.5) is 26.3 Å². The molecule has 43 heavy (non-hydrogen) atoms. The molecule has 0 heterocycles. The van der Waals surface area contributed by atoms with Crippen molar-refractivity contribution in [2.24, 2.45) is 17.6 Å². The fourth-order valence-electron chi connectivity index (χ4n) is 4.99. The number of primary amides is 1. The highest BCUT2D eigenvalue weighted by Gasteiger charge is 2.53. The van der Waals surface area contributed by atoms with Crippen LogP contribution in [-0.2, 0) is 11.2 Å². The molecule has 226 valence electrons. The molecule has 1 amide bonds. The zero-order chi connectivity index (χ0) is 32.1. The van der Waals surface area contributed by atoms with E-state index in [0.29, 0.717) is 11.1 Å². The highest BCUT2D eigenvalue weighted by Crippen LogP contribution is 2.40. The van der Waals surface area contributed by atoms with Gasteiger partial charge in [-0.3, -0.25) is 10.1 Å². The smallest absolute Gasteiger partial charge is 0.382 e. The van der Waals surface area contributed by atoms with Crippen LogP contribution in [0.3, 0.4) is 0 Å². The summed E-state index contributed by atoms with van der Waals surface area (Å²) in [5, 5.41) is 30.9. The van der Waals surface area contributed by atoms with Crippen molar-refractivity contribution >= 4 is 5.91 Å². The number of hydrogen-bond acceptors (Lipinski definition) is 5. The molecule has 0 spiro atoms. The molecule has 3 aromatic carbocycles. The Balaban J connectivity index is 2.01. The molecule has 1 unspecified atom stereocenters. The zero-order valence-corrected chi connectivity index (χ0v) is 23.0. The highest BCUT2D eigenvalue weighted by atomic mass is 19.4. The van der Waals surface area contributed by atoms with Crippen LogP contribution in [0.15, 0.2) is 66.7 Å². The first-order valence-electron chi connectivity index (χ1n) is 13.0. The monoisotopic (exact) mass is 602 g/mol. The lowest BCUT2D eigenvalue weighted by Crippen LogP contribution is -2.66. The van der Waals surface area contributed by atoms with Crippen molar-refractivity contribution < 1.29 is 36.2 Å². The SMILES string of the molecule is CC(C)C(N[C@@H](c1ccc(-c2ccc([C@@H](O)C(F)F)cc2)cc1)C(F)(F)F)(C(N)=O)[C@@H](C#N)Cc1ccc(C#N)cc1F. The van der Waals surface area contributed by atoms with Crippen molar-refractivity contribution in [1.82, 2.24) is 5.32 Å². The number of carbonyl (C=O) groups is 1. The number of nitriles is 2. The van der Waals surface area contributed by atoms with Gasteiger partial charge in [-0.25, -0.2) is 13.2 Å². The van der Waals surface area contributed by atoms with E-state index in [-0.39, 0.29) is 22.3 Å². The van der Waals surface area contributed by atoms with Crippen LogP contribution in [0.1, 0.15) is 48.2 Å².